The maximum Gasteiger partial charge on any atom is 0.328 e. The molecule has 0 radical (unpaired) electrons. The SMILES string of the molecule is COC(=O)C(C)N1C(=O)SC(=Cc2ccc(OC)cc2C)C1=O. The number of carbonyl (C=O) groups is 3. The van der Waals surface area contributed by atoms with Gasteiger partial charge in [-0.3, -0.25) is 14.5 Å². The molecule has 1 saturated heterocycles. The lowest BCUT2D eigenvalue weighted by Gasteiger charge is -2.18. The summed E-state index contributed by atoms with van der Waals surface area (Å²) in [6, 6.07) is 4.48. The van der Waals surface area contributed by atoms with Crippen molar-refractivity contribution in [2.24, 2.45) is 0 Å². The van der Waals surface area contributed by atoms with Crippen LogP contribution in [0.2, 0.25) is 0 Å². The average molecular weight is 335 g/mol. The molecule has 0 bridgehead atoms. The Bertz CT molecular complexity index is 698. The van der Waals surface area contributed by atoms with Gasteiger partial charge in [0, 0.05) is 0 Å². The first-order valence-corrected chi connectivity index (χ1v) is 7.70. The van der Waals surface area contributed by atoms with Crippen LogP contribution in [-0.2, 0) is 14.3 Å². The predicted molar refractivity (Wildman–Crippen MR) is 87.0 cm³/mol. The first kappa shape index (κ1) is 17.1. The van der Waals surface area contributed by atoms with Crippen LogP contribution in [0.15, 0.2) is 23.1 Å². The zero-order valence-corrected chi connectivity index (χ0v) is 14.1. The lowest BCUT2D eigenvalue weighted by atomic mass is 10.1. The number of aryl methyl sites for hydroxylation is 1. The second kappa shape index (κ2) is 6.87. The smallest absolute Gasteiger partial charge is 0.328 e. The van der Waals surface area contributed by atoms with E-state index in [-0.39, 0.29) is 4.91 Å². The Hall–Kier alpha value is -2.28. The molecule has 1 aromatic rings. The topological polar surface area (TPSA) is 72.9 Å². The third-order valence-electron chi connectivity index (χ3n) is 3.52. The molecule has 1 unspecified atom stereocenters. The second-order valence-electron chi connectivity index (χ2n) is 4.97. The lowest BCUT2D eigenvalue weighted by molar-refractivity contribution is -0.148. The predicted octanol–water partition coefficient (Wildman–Crippen LogP) is 2.60. The molecule has 0 aromatic heterocycles. The Morgan fingerprint density at radius 2 is 2.00 bits per heavy atom. The molecule has 0 saturated carbocycles. The number of amides is 2. The molecule has 0 spiro atoms. The molecule has 23 heavy (non-hydrogen) atoms. The number of ether oxygens (including phenoxy) is 2. The molecule has 1 atom stereocenters. The number of carbonyl (C=O) groups excluding carboxylic acids is 3. The van der Waals surface area contributed by atoms with Gasteiger partial charge >= 0.3 is 5.97 Å². The summed E-state index contributed by atoms with van der Waals surface area (Å²) < 4.78 is 9.73. The largest absolute Gasteiger partial charge is 0.497 e. The molecular formula is C16H17NO5S. The van der Waals surface area contributed by atoms with Crippen molar-refractivity contribution in [3.8, 4) is 5.75 Å². The Kier molecular flexibility index (Phi) is 5.10. The minimum Gasteiger partial charge on any atom is -0.497 e. The van der Waals surface area contributed by atoms with Crippen LogP contribution in [0.1, 0.15) is 18.1 Å². The first-order valence-electron chi connectivity index (χ1n) is 6.88. The van der Waals surface area contributed by atoms with Gasteiger partial charge in [0.05, 0.1) is 19.1 Å². The van der Waals surface area contributed by atoms with Crippen molar-refractivity contribution in [3.05, 3.63) is 34.2 Å². The summed E-state index contributed by atoms with van der Waals surface area (Å²) in [5, 5.41) is -0.481. The number of methoxy groups -OCH3 is 2. The summed E-state index contributed by atoms with van der Waals surface area (Å²) in [5.41, 5.74) is 1.72. The van der Waals surface area contributed by atoms with Gasteiger partial charge in [-0.25, -0.2) is 4.79 Å². The molecule has 1 aliphatic heterocycles. The minimum atomic E-state index is -0.949. The molecule has 1 aromatic carbocycles. The van der Waals surface area contributed by atoms with Crippen LogP contribution in [-0.4, -0.2) is 42.3 Å². The second-order valence-corrected chi connectivity index (χ2v) is 5.97. The van der Waals surface area contributed by atoms with E-state index in [2.05, 4.69) is 4.74 Å². The van der Waals surface area contributed by atoms with Gasteiger partial charge in [0.25, 0.3) is 11.1 Å². The highest BCUT2D eigenvalue weighted by molar-refractivity contribution is 8.18. The van der Waals surface area contributed by atoms with Gasteiger partial charge in [-0.05, 0) is 54.9 Å². The van der Waals surface area contributed by atoms with E-state index in [9.17, 15) is 14.4 Å². The van der Waals surface area contributed by atoms with Crippen LogP contribution in [0.4, 0.5) is 4.79 Å². The first-order chi connectivity index (χ1) is 10.9. The molecule has 1 heterocycles. The van der Waals surface area contributed by atoms with Gasteiger partial charge in [0.2, 0.25) is 0 Å². The molecule has 6 nitrogen and oxygen atoms in total. The van der Waals surface area contributed by atoms with Crippen LogP contribution in [0, 0.1) is 6.92 Å². The number of hydrogen-bond donors (Lipinski definition) is 0. The van der Waals surface area contributed by atoms with Crippen LogP contribution >= 0.6 is 11.8 Å². The Balaban J connectivity index is 2.30. The van der Waals surface area contributed by atoms with Crippen LogP contribution < -0.4 is 4.74 Å². The molecule has 7 heteroatoms. The summed E-state index contributed by atoms with van der Waals surface area (Å²) in [6.07, 6.45) is 1.64. The average Bonchev–Trinajstić information content (AvgIpc) is 2.81. The summed E-state index contributed by atoms with van der Waals surface area (Å²) in [6.45, 7) is 3.35. The summed E-state index contributed by atoms with van der Waals surface area (Å²) in [4.78, 5) is 37.2. The zero-order chi connectivity index (χ0) is 17.1. The van der Waals surface area contributed by atoms with Gasteiger partial charge in [-0.15, -0.1) is 0 Å². The molecule has 122 valence electrons. The quantitative estimate of drug-likeness (QED) is 0.622. The molecule has 0 aliphatic carbocycles. The fourth-order valence-corrected chi connectivity index (χ4v) is 3.07. The molecule has 1 aliphatic rings. The van der Waals surface area contributed by atoms with Gasteiger partial charge in [0.15, 0.2) is 0 Å². The number of hydrogen-bond acceptors (Lipinski definition) is 6. The van der Waals surface area contributed by atoms with E-state index in [1.165, 1.54) is 14.0 Å². The van der Waals surface area contributed by atoms with E-state index in [0.717, 1.165) is 27.8 Å². The molecular weight excluding hydrogens is 318 g/mol. The van der Waals surface area contributed by atoms with Crippen molar-refractivity contribution >= 4 is 35.0 Å². The maximum atomic E-state index is 12.4. The Morgan fingerprint density at radius 3 is 2.57 bits per heavy atom. The molecule has 2 amide bonds. The number of nitrogens with zero attached hydrogens (tertiary/aromatic N) is 1. The number of esters is 1. The number of benzene rings is 1. The zero-order valence-electron chi connectivity index (χ0n) is 13.3. The number of imide groups is 1. The van der Waals surface area contributed by atoms with Gasteiger partial charge in [0.1, 0.15) is 11.8 Å². The fourth-order valence-electron chi connectivity index (χ4n) is 2.17. The van der Waals surface area contributed by atoms with Crippen molar-refractivity contribution in [1.82, 2.24) is 4.90 Å². The summed E-state index contributed by atoms with van der Waals surface area (Å²) in [7, 11) is 2.79. The van der Waals surface area contributed by atoms with E-state index >= 15 is 0 Å². The highest BCUT2D eigenvalue weighted by Gasteiger charge is 2.41. The minimum absolute atomic E-state index is 0.277. The third-order valence-corrected chi connectivity index (χ3v) is 4.40. The monoisotopic (exact) mass is 335 g/mol. The fraction of sp³-hybridized carbons (Fsp3) is 0.312. The Morgan fingerprint density at radius 1 is 1.30 bits per heavy atom. The number of rotatable bonds is 4. The highest BCUT2D eigenvalue weighted by atomic mass is 32.2. The van der Waals surface area contributed by atoms with E-state index in [1.54, 1.807) is 19.3 Å². The van der Waals surface area contributed by atoms with Crippen molar-refractivity contribution in [3.63, 3.8) is 0 Å². The molecule has 1 fully saturated rings. The normalized spacial score (nSPS) is 17.6. The molecule has 2 rings (SSSR count). The van der Waals surface area contributed by atoms with E-state index in [0.29, 0.717) is 5.75 Å². The summed E-state index contributed by atoms with van der Waals surface area (Å²) >= 11 is 0.811. The van der Waals surface area contributed by atoms with E-state index < -0.39 is 23.2 Å². The Labute approximate surface area is 138 Å². The van der Waals surface area contributed by atoms with E-state index in [1.807, 2.05) is 19.1 Å². The van der Waals surface area contributed by atoms with Gasteiger partial charge < -0.3 is 9.47 Å². The lowest BCUT2D eigenvalue weighted by Crippen LogP contribution is -2.42. The van der Waals surface area contributed by atoms with Crippen LogP contribution in [0.5, 0.6) is 5.75 Å². The third kappa shape index (κ3) is 3.39. The van der Waals surface area contributed by atoms with Crippen molar-refractivity contribution in [2.75, 3.05) is 14.2 Å². The summed E-state index contributed by atoms with van der Waals surface area (Å²) in [5.74, 6) is -0.408. The van der Waals surface area contributed by atoms with Crippen molar-refractivity contribution < 1.29 is 23.9 Å². The maximum absolute atomic E-state index is 12.4. The van der Waals surface area contributed by atoms with Crippen molar-refractivity contribution in [1.29, 1.82) is 0 Å². The molecule has 0 N–H and O–H groups in total. The van der Waals surface area contributed by atoms with Gasteiger partial charge in [-0.2, -0.15) is 0 Å². The number of thioether (sulfide) groups is 1. The van der Waals surface area contributed by atoms with Crippen LogP contribution in [0.3, 0.4) is 0 Å². The van der Waals surface area contributed by atoms with E-state index in [4.69, 9.17) is 4.74 Å². The van der Waals surface area contributed by atoms with Gasteiger partial charge in [-0.1, -0.05) is 6.07 Å². The highest BCUT2D eigenvalue weighted by Crippen LogP contribution is 2.34. The van der Waals surface area contributed by atoms with Crippen molar-refractivity contribution in [2.45, 2.75) is 19.9 Å². The standard InChI is InChI=1S/C16H17NO5S/c1-9-7-12(21-3)6-5-11(9)8-13-14(18)17(16(20)23-13)10(2)15(19)22-4/h5-8,10H,1-4H3. The van der Waals surface area contributed by atoms with Crippen LogP contribution in [0.25, 0.3) is 6.08 Å².